The van der Waals surface area contributed by atoms with Gasteiger partial charge in [-0.2, -0.15) is 11.8 Å². The van der Waals surface area contributed by atoms with Gasteiger partial charge in [-0.15, -0.1) is 24.0 Å². The number of unbranched alkanes of at least 4 members (excludes halogenated alkanes) is 1. The van der Waals surface area contributed by atoms with Crippen LogP contribution in [0.3, 0.4) is 0 Å². The Morgan fingerprint density at radius 1 is 1.16 bits per heavy atom. The molecule has 8 heteroatoms. The number of benzene rings is 1. The molecular formula is C17H29IN4O2S. The zero-order valence-corrected chi connectivity index (χ0v) is 18.0. The van der Waals surface area contributed by atoms with Crippen molar-refractivity contribution in [3.8, 4) is 5.75 Å². The number of guanidine groups is 1. The first-order chi connectivity index (χ1) is 11.7. The highest BCUT2D eigenvalue weighted by molar-refractivity contribution is 14.0. The molecule has 0 radical (unpaired) electrons. The van der Waals surface area contributed by atoms with Gasteiger partial charge in [0, 0.05) is 26.2 Å². The Labute approximate surface area is 171 Å². The van der Waals surface area contributed by atoms with Gasteiger partial charge in [-0.3, -0.25) is 9.79 Å². The lowest BCUT2D eigenvalue weighted by atomic mass is 10.2. The third kappa shape index (κ3) is 10.4. The fourth-order valence-electron chi connectivity index (χ4n) is 2.01. The topological polar surface area (TPSA) is 85.8 Å². The number of phenols is 1. The van der Waals surface area contributed by atoms with Crippen molar-refractivity contribution < 1.29 is 9.90 Å². The molecule has 0 fully saturated rings. The summed E-state index contributed by atoms with van der Waals surface area (Å²) >= 11 is 1.85. The SMILES string of the molecule is CCNC(=NCCCCSC)NCCNC(=O)c1ccccc1O.I. The van der Waals surface area contributed by atoms with Crippen LogP contribution in [0.4, 0.5) is 0 Å². The summed E-state index contributed by atoms with van der Waals surface area (Å²) in [5.41, 5.74) is 0.284. The van der Waals surface area contributed by atoms with E-state index in [4.69, 9.17) is 0 Å². The third-order valence-electron chi connectivity index (χ3n) is 3.22. The number of para-hydroxylation sites is 1. The quantitative estimate of drug-likeness (QED) is 0.179. The summed E-state index contributed by atoms with van der Waals surface area (Å²) in [6, 6.07) is 6.50. The molecule has 0 spiro atoms. The Bertz CT molecular complexity index is 529. The van der Waals surface area contributed by atoms with Crippen LogP contribution in [-0.2, 0) is 0 Å². The number of amides is 1. The summed E-state index contributed by atoms with van der Waals surface area (Å²) in [6.45, 7) is 4.62. The number of thioether (sulfide) groups is 1. The first-order valence-corrected chi connectivity index (χ1v) is 9.65. The number of carbonyl (C=O) groups excluding carboxylic acids is 1. The third-order valence-corrected chi connectivity index (χ3v) is 3.92. The van der Waals surface area contributed by atoms with Crippen LogP contribution in [-0.4, -0.2) is 55.2 Å². The van der Waals surface area contributed by atoms with Gasteiger partial charge < -0.3 is 21.1 Å². The van der Waals surface area contributed by atoms with E-state index in [-0.39, 0.29) is 41.2 Å². The van der Waals surface area contributed by atoms with E-state index in [0.717, 1.165) is 31.2 Å². The highest BCUT2D eigenvalue weighted by Crippen LogP contribution is 2.14. The molecule has 0 saturated heterocycles. The molecule has 0 bridgehead atoms. The Morgan fingerprint density at radius 3 is 2.56 bits per heavy atom. The van der Waals surface area contributed by atoms with Crippen LogP contribution in [0.25, 0.3) is 0 Å². The second kappa shape index (κ2) is 15.1. The molecule has 0 aliphatic heterocycles. The predicted octanol–water partition coefficient (Wildman–Crippen LogP) is 2.44. The number of hydrogen-bond donors (Lipinski definition) is 4. The first kappa shape index (κ1) is 23.8. The molecule has 0 unspecified atom stereocenters. The lowest BCUT2D eigenvalue weighted by Crippen LogP contribution is -2.41. The van der Waals surface area contributed by atoms with Gasteiger partial charge in [0.2, 0.25) is 0 Å². The van der Waals surface area contributed by atoms with Crippen molar-refractivity contribution in [2.24, 2.45) is 4.99 Å². The standard InChI is InChI=1S/C17H28N4O2S.HI/c1-3-18-17(20-10-6-7-13-24-2)21-12-11-19-16(23)14-8-4-5-9-15(14)22;/h4-5,8-9,22H,3,6-7,10-13H2,1-2H3,(H,19,23)(H2,18,20,21);1H. The second-order valence-electron chi connectivity index (χ2n) is 5.16. The molecule has 0 heterocycles. The molecule has 0 aromatic heterocycles. The molecule has 1 aromatic carbocycles. The Hall–Kier alpha value is -1.16. The number of rotatable bonds is 10. The number of phenolic OH excluding ortho intramolecular Hbond substituents is 1. The summed E-state index contributed by atoms with van der Waals surface area (Å²) in [5.74, 6) is 1.63. The smallest absolute Gasteiger partial charge is 0.255 e. The van der Waals surface area contributed by atoms with Gasteiger partial charge in [0.15, 0.2) is 5.96 Å². The Morgan fingerprint density at radius 2 is 1.88 bits per heavy atom. The largest absolute Gasteiger partial charge is 0.507 e. The van der Waals surface area contributed by atoms with Gasteiger partial charge in [-0.25, -0.2) is 0 Å². The molecule has 1 aromatic rings. The molecule has 6 nitrogen and oxygen atoms in total. The fourth-order valence-corrected chi connectivity index (χ4v) is 2.50. The van der Waals surface area contributed by atoms with Crippen molar-refractivity contribution in [2.75, 3.05) is 38.2 Å². The van der Waals surface area contributed by atoms with E-state index in [1.807, 2.05) is 18.7 Å². The van der Waals surface area contributed by atoms with Crippen molar-refractivity contribution in [3.63, 3.8) is 0 Å². The second-order valence-corrected chi connectivity index (χ2v) is 6.15. The summed E-state index contributed by atoms with van der Waals surface area (Å²) in [5, 5.41) is 18.8. The van der Waals surface area contributed by atoms with Gasteiger partial charge in [0.25, 0.3) is 5.91 Å². The van der Waals surface area contributed by atoms with Gasteiger partial charge in [0.1, 0.15) is 5.75 Å². The zero-order chi connectivity index (χ0) is 17.6. The normalized spacial score (nSPS) is 10.7. The average Bonchev–Trinajstić information content (AvgIpc) is 2.58. The van der Waals surface area contributed by atoms with Crippen LogP contribution in [0, 0.1) is 0 Å². The number of nitrogens with one attached hydrogen (secondary N) is 3. The van der Waals surface area contributed by atoms with Crippen LogP contribution in [0.1, 0.15) is 30.1 Å². The highest BCUT2D eigenvalue weighted by Gasteiger charge is 2.08. The van der Waals surface area contributed by atoms with E-state index in [0.29, 0.717) is 13.1 Å². The van der Waals surface area contributed by atoms with Gasteiger partial charge >= 0.3 is 0 Å². The molecular weight excluding hydrogens is 451 g/mol. The number of carbonyl (C=O) groups is 1. The number of nitrogens with zero attached hydrogens (tertiary/aromatic N) is 1. The van der Waals surface area contributed by atoms with Crippen molar-refractivity contribution in [1.82, 2.24) is 16.0 Å². The lowest BCUT2D eigenvalue weighted by molar-refractivity contribution is 0.0951. The zero-order valence-electron chi connectivity index (χ0n) is 14.9. The number of aliphatic imine (C=N–C) groups is 1. The Balaban J connectivity index is 0.00000576. The summed E-state index contributed by atoms with van der Waals surface area (Å²) in [7, 11) is 0. The Kier molecular flexibility index (Phi) is 14.4. The van der Waals surface area contributed by atoms with Crippen molar-refractivity contribution in [1.29, 1.82) is 0 Å². The summed E-state index contributed by atoms with van der Waals surface area (Å²) in [6.07, 6.45) is 4.35. The number of hydrogen-bond acceptors (Lipinski definition) is 4. The number of aromatic hydroxyl groups is 1. The molecule has 4 N–H and O–H groups in total. The molecule has 1 amide bonds. The van der Waals surface area contributed by atoms with Gasteiger partial charge in [0.05, 0.1) is 5.56 Å². The van der Waals surface area contributed by atoms with Crippen LogP contribution >= 0.6 is 35.7 Å². The molecule has 0 aliphatic rings. The van der Waals surface area contributed by atoms with E-state index in [2.05, 4.69) is 27.2 Å². The molecule has 142 valence electrons. The van der Waals surface area contributed by atoms with Gasteiger partial charge in [-0.05, 0) is 43.9 Å². The maximum atomic E-state index is 12.0. The number of halogens is 1. The maximum Gasteiger partial charge on any atom is 0.255 e. The molecule has 0 aliphatic carbocycles. The highest BCUT2D eigenvalue weighted by atomic mass is 127. The van der Waals surface area contributed by atoms with Crippen molar-refractivity contribution >= 4 is 47.6 Å². The van der Waals surface area contributed by atoms with Gasteiger partial charge in [-0.1, -0.05) is 12.1 Å². The minimum atomic E-state index is -0.283. The average molecular weight is 480 g/mol. The minimum Gasteiger partial charge on any atom is -0.507 e. The van der Waals surface area contributed by atoms with Crippen LogP contribution in [0.5, 0.6) is 5.75 Å². The maximum absolute atomic E-state index is 12.0. The van der Waals surface area contributed by atoms with E-state index >= 15 is 0 Å². The molecule has 25 heavy (non-hydrogen) atoms. The molecule has 1 rings (SSSR count). The lowest BCUT2D eigenvalue weighted by Gasteiger charge is -2.12. The molecule has 0 saturated carbocycles. The molecule has 0 atom stereocenters. The monoisotopic (exact) mass is 480 g/mol. The first-order valence-electron chi connectivity index (χ1n) is 8.26. The summed E-state index contributed by atoms with van der Waals surface area (Å²) < 4.78 is 0. The summed E-state index contributed by atoms with van der Waals surface area (Å²) in [4.78, 5) is 16.5. The van der Waals surface area contributed by atoms with Crippen LogP contribution in [0.2, 0.25) is 0 Å². The van der Waals surface area contributed by atoms with E-state index in [1.54, 1.807) is 18.2 Å². The van der Waals surface area contributed by atoms with E-state index in [9.17, 15) is 9.90 Å². The van der Waals surface area contributed by atoms with E-state index < -0.39 is 0 Å². The fraction of sp³-hybridized carbons (Fsp3) is 0.529. The van der Waals surface area contributed by atoms with Crippen LogP contribution < -0.4 is 16.0 Å². The minimum absolute atomic E-state index is 0. The van der Waals surface area contributed by atoms with Crippen LogP contribution in [0.15, 0.2) is 29.3 Å². The predicted molar refractivity (Wildman–Crippen MR) is 117 cm³/mol. The van der Waals surface area contributed by atoms with Crippen molar-refractivity contribution in [2.45, 2.75) is 19.8 Å². The van der Waals surface area contributed by atoms with Crippen molar-refractivity contribution in [3.05, 3.63) is 29.8 Å². The van der Waals surface area contributed by atoms with E-state index in [1.165, 1.54) is 12.5 Å².